The van der Waals surface area contributed by atoms with Crippen LogP contribution in [0.4, 0.5) is 0 Å². The minimum absolute atomic E-state index is 0.0709. The van der Waals surface area contributed by atoms with Gasteiger partial charge in [0.05, 0.1) is 11.3 Å². The molecule has 0 saturated carbocycles. The molecule has 2 aromatic heterocycles. The lowest BCUT2D eigenvalue weighted by atomic mass is 9.82. The molecule has 5 rings (SSSR count). The molecule has 1 aliphatic carbocycles. The van der Waals surface area contributed by atoms with E-state index in [1.165, 1.54) is 11.1 Å². The Kier molecular flexibility index (Phi) is 5.05. The van der Waals surface area contributed by atoms with Crippen molar-refractivity contribution >= 4 is 34.9 Å². The quantitative estimate of drug-likeness (QED) is 0.408. The molecule has 30 heavy (non-hydrogen) atoms. The van der Waals surface area contributed by atoms with E-state index in [9.17, 15) is 4.79 Å². The summed E-state index contributed by atoms with van der Waals surface area (Å²) in [5.74, 6) is 1.47. The maximum Gasteiger partial charge on any atom is 0.253 e. The van der Waals surface area contributed by atoms with E-state index in [4.69, 9.17) is 11.6 Å². The van der Waals surface area contributed by atoms with Gasteiger partial charge < -0.3 is 0 Å². The van der Waals surface area contributed by atoms with Crippen LogP contribution in [-0.4, -0.2) is 25.4 Å². The largest absolute Gasteiger partial charge is 0.294 e. The van der Waals surface area contributed by atoms with Gasteiger partial charge in [-0.1, -0.05) is 59.8 Å². The first-order valence-corrected chi connectivity index (χ1v) is 11.2. The Hall–Kier alpha value is -2.70. The van der Waals surface area contributed by atoms with Crippen LogP contribution in [0.5, 0.6) is 0 Å². The van der Waals surface area contributed by atoms with Crippen LogP contribution >= 0.6 is 23.4 Å². The van der Waals surface area contributed by atoms with Gasteiger partial charge in [0.15, 0.2) is 5.78 Å². The van der Waals surface area contributed by atoms with E-state index in [-0.39, 0.29) is 11.7 Å². The first-order chi connectivity index (χ1) is 14.6. The van der Waals surface area contributed by atoms with Crippen molar-refractivity contribution in [3.63, 3.8) is 0 Å². The van der Waals surface area contributed by atoms with Gasteiger partial charge in [0, 0.05) is 23.4 Å². The minimum atomic E-state index is 0.0709. The van der Waals surface area contributed by atoms with Crippen molar-refractivity contribution in [3.8, 4) is 0 Å². The minimum Gasteiger partial charge on any atom is -0.294 e. The van der Waals surface area contributed by atoms with Crippen molar-refractivity contribution in [1.82, 2.24) is 19.6 Å². The summed E-state index contributed by atoms with van der Waals surface area (Å²) >= 11 is 7.75. The Bertz CT molecular complexity index is 1270. The van der Waals surface area contributed by atoms with Gasteiger partial charge in [-0.05, 0) is 48.1 Å². The maximum absolute atomic E-state index is 12.8. The molecular weight excluding hydrogens is 416 g/mol. The van der Waals surface area contributed by atoms with E-state index in [1.807, 2.05) is 36.4 Å². The summed E-state index contributed by atoms with van der Waals surface area (Å²) in [5.41, 5.74) is 5.09. The van der Waals surface area contributed by atoms with Gasteiger partial charge in [0.2, 0.25) is 5.16 Å². The highest BCUT2D eigenvalue weighted by atomic mass is 35.5. The molecule has 1 unspecified atom stereocenters. The fourth-order valence-corrected chi connectivity index (χ4v) is 4.99. The third-order valence-corrected chi connectivity index (χ3v) is 6.68. The summed E-state index contributed by atoms with van der Waals surface area (Å²) < 4.78 is 1.74. The van der Waals surface area contributed by atoms with E-state index in [0.717, 1.165) is 17.0 Å². The number of aryl methyl sites for hydroxylation is 1. The number of carbonyl (C=O) groups excluding carboxylic acids is 1. The SMILES string of the molecule is Cc1ccccc1CSc1nc2ncc3c(n2n1)CC(c1cccc(Cl)c1)CC3=O. The molecule has 0 fully saturated rings. The zero-order valence-electron chi connectivity index (χ0n) is 16.4. The number of nitrogens with zero attached hydrogens (tertiary/aromatic N) is 4. The molecule has 2 heterocycles. The molecule has 4 aromatic rings. The van der Waals surface area contributed by atoms with Crippen molar-refractivity contribution in [2.75, 3.05) is 0 Å². The predicted octanol–water partition coefficient (Wildman–Crippen LogP) is 5.29. The highest BCUT2D eigenvalue weighted by molar-refractivity contribution is 7.98. The molecule has 0 spiro atoms. The van der Waals surface area contributed by atoms with E-state index >= 15 is 0 Å². The summed E-state index contributed by atoms with van der Waals surface area (Å²) in [6, 6.07) is 16.0. The molecule has 0 N–H and O–H groups in total. The number of Topliss-reactive ketones (excluding diaryl/α,β-unsaturated/α-hetero) is 1. The number of hydrogen-bond donors (Lipinski definition) is 0. The van der Waals surface area contributed by atoms with Crippen molar-refractivity contribution in [2.45, 2.75) is 36.6 Å². The summed E-state index contributed by atoms with van der Waals surface area (Å²) in [5, 5.41) is 6.02. The zero-order valence-corrected chi connectivity index (χ0v) is 18.0. The Morgan fingerprint density at radius 3 is 2.87 bits per heavy atom. The summed E-state index contributed by atoms with van der Waals surface area (Å²) in [6.45, 7) is 2.10. The second-order valence-corrected chi connectivity index (χ2v) is 8.90. The lowest BCUT2D eigenvalue weighted by molar-refractivity contribution is 0.0962. The van der Waals surface area contributed by atoms with E-state index in [2.05, 4.69) is 34.1 Å². The van der Waals surface area contributed by atoms with Crippen molar-refractivity contribution < 1.29 is 4.79 Å². The summed E-state index contributed by atoms with van der Waals surface area (Å²) in [4.78, 5) is 21.8. The topological polar surface area (TPSA) is 60.1 Å². The Balaban J connectivity index is 1.47. The molecule has 7 heteroatoms. The van der Waals surface area contributed by atoms with Gasteiger partial charge in [-0.3, -0.25) is 4.79 Å². The third-order valence-electron chi connectivity index (χ3n) is 5.56. The average molecular weight is 435 g/mol. The molecule has 0 radical (unpaired) electrons. The van der Waals surface area contributed by atoms with Gasteiger partial charge in [0.1, 0.15) is 0 Å². The molecule has 5 nitrogen and oxygen atoms in total. The molecule has 0 aliphatic heterocycles. The van der Waals surface area contributed by atoms with Gasteiger partial charge in [-0.15, -0.1) is 5.10 Å². The lowest BCUT2D eigenvalue weighted by Gasteiger charge is -2.24. The number of ketones is 1. The number of aromatic nitrogens is 4. The Morgan fingerprint density at radius 1 is 1.17 bits per heavy atom. The molecular formula is C23H19ClN4OS. The third kappa shape index (κ3) is 3.61. The highest BCUT2D eigenvalue weighted by Gasteiger charge is 2.29. The van der Waals surface area contributed by atoms with Crippen LogP contribution in [0, 0.1) is 6.92 Å². The molecule has 1 aliphatic rings. The van der Waals surface area contributed by atoms with Crippen LogP contribution in [-0.2, 0) is 12.2 Å². The van der Waals surface area contributed by atoms with Crippen LogP contribution in [0.2, 0.25) is 5.02 Å². The van der Waals surface area contributed by atoms with Crippen LogP contribution < -0.4 is 0 Å². The summed E-state index contributed by atoms with van der Waals surface area (Å²) in [7, 11) is 0. The van der Waals surface area contributed by atoms with E-state index in [1.54, 1.807) is 22.5 Å². The van der Waals surface area contributed by atoms with Crippen LogP contribution in [0.1, 0.15) is 45.1 Å². The number of rotatable bonds is 4. The maximum atomic E-state index is 12.8. The highest BCUT2D eigenvalue weighted by Crippen LogP contribution is 2.34. The molecule has 150 valence electrons. The molecule has 2 aromatic carbocycles. The first-order valence-electron chi connectivity index (χ1n) is 9.79. The van der Waals surface area contributed by atoms with Gasteiger partial charge >= 0.3 is 0 Å². The standard InChI is InChI=1S/C23H19ClN4OS/c1-14-5-2-3-6-16(14)13-30-23-26-22-25-12-19-20(28(22)27-23)10-17(11-21(19)29)15-7-4-8-18(24)9-15/h2-9,12,17H,10-11,13H2,1H3. The average Bonchev–Trinajstić information content (AvgIpc) is 3.17. The van der Waals surface area contributed by atoms with E-state index in [0.29, 0.717) is 34.4 Å². The number of benzene rings is 2. The smallest absolute Gasteiger partial charge is 0.253 e. The number of carbonyl (C=O) groups is 1. The monoisotopic (exact) mass is 434 g/mol. The van der Waals surface area contributed by atoms with Crippen LogP contribution in [0.3, 0.4) is 0 Å². The number of thioether (sulfide) groups is 1. The Labute approximate surface area is 183 Å². The molecule has 0 bridgehead atoms. The number of fused-ring (bicyclic) bond motifs is 3. The van der Waals surface area contributed by atoms with Crippen LogP contribution in [0.25, 0.3) is 5.78 Å². The fraction of sp³-hybridized carbons (Fsp3) is 0.217. The zero-order chi connectivity index (χ0) is 20.7. The lowest BCUT2D eigenvalue weighted by Crippen LogP contribution is -2.22. The summed E-state index contributed by atoms with van der Waals surface area (Å²) in [6.07, 6.45) is 2.79. The number of halogens is 1. The van der Waals surface area contributed by atoms with Gasteiger partial charge in [0.25, 0.3) is 5.78 Å². The molecule has 1 atom stereocenters. The fourth-order valence-electron chi connectivity index (χ4n) is 3.90. The first kappa shape index (κ1) is 19.3. The number of hydrogen-bond acceptors (Lipinski definition) is 5. The van der Waals surface area contributed by atoms with E-state index < -0.39 is 0 Å². The predicted molar refractivity (Wildman–Crippen MR) is 118 cm³/mol. The normalized spacial score (nSPS) is 16.1. The van der Waals surface area contributed by atoms with Crippen molar-refractivity contribution in [3.05, 3.63) is 87.7 Å². The molecule has 0 saturated heterocycles. The second-order valence-electron chi connectivity index (χ2n) is 7.52. The second kappa shape index (κ2) is 7.85. The van der Waals surface area contributed by atoms with Crippen molar-refractivity contribution in [2.24, 2.45) is 0 Å². The Morgan fingerprint density at radius 2 is 2.03 bits per heavy atom. The van der Waals surface area contributed by atoms with Gasteiger partial charge in [-0.25, -0.2) is 4.98 Å². The van der Waals surface area contributed by atoms with Gasteiger partial charge in [-0.2, -0.15) is 9.50 Å². The molecule has 0 amide bonds. The van der Waals surface area contributed by atoms with Crippen molar-refractivity contribution in [1.29, 1.82) is 0 Å². The van der Waals surface area contributed by atoms with Crippen LogP contribution in [0.15, 0.2) is 59.9 Å².